The van der Waals surface area contributed by atoms with Crippen LogP contribution in [0.4, 0.5) is 4.39 Å². The minimum atomic E-state index is -0.155. The molecule has 0 aromatic heterocycles. The number of hydrogen-bond donors (Lipinski definition) is 0. The van der Waals surface area contributed by atoms with Crippen molar-refractivity contribution in [2.75, 3.05) is 0 Å². The molecule has 13 heavy (non-hydrogen) atoms. The van der Waals surface area contributed by atoms with Crippen molar-refractivity contribution in [2.45, 2.75) is 18.8 Å². The highest BCUT2D eigenvalue weighted by molar-refractivity contribution is 5.59. The van der Waals surface area contributed by atoms with Gasteiger partial charge in [-0.1, -0.05) is 18.2 Å². The first-order valence-electron chi connectivity index (χ1n) is 4.39. The van der Waals surface area contributed by atoms with Gasteiger partial charge in [0.1, 0.15) is 12.4 Å². The minimum absolute atomic E-state index is 0.0335. The van der Waals surface area contributed by atoms with Crippen molar-refractivity contribution in [1.82, 2.24) is 0 Å². The highest BCUT2D eigenvalue weighted by atomic mass is 19.1. The Hall–Kier alpha value is -1.18. The molecule has 0 bridgehead atoms. The first-order chi connectivity index (χ1) is 6.38. The summed E-state index contributed by atoms with van der Waals surface area (Å²) in [6, 6.07) is 6.83. The lowest BCUT2D eigenvalue weighted by Crippen LogP contribution is -2.05. The molecule has 2 rings (SSSR count). The lowest BCUT2D eigenvalue weighted by atomic mass is 9.92. The first-order valence-corrected chi connectivity index (χ1v) is 4.39. The van der Waals surface area contributed by atoms with Crippen LogP contribution in [0.5, 0.6) is 0 Å². The van der Waals surface area contributed by atoms with E-state index >= 15 is 0 Å². The van der Waals surface area contributed by atoms with Gasteiger partial charge in [0.25, 0.3) is 0 Å². The third-order valence-electron chi connectivity index (χ3n) is 2.19. The van der Waals surface area contributed by atoms with Crippen molar-refractivity contribution >= 4 is 6.21 Å². The molecule has 1 aliphatic heterocycles. The molecule has 1 heterocycles. The molecule has 0 amide bonds. The SMILES string of the molecule is Fc1ccccc1C1[C]N=CCC1. The van der Waals surface area contributed by atoms with E-state index < -0.39 is 0 Å². The quantitative estimate of drug-likeness (QED) is 0.622. The third kappa shape index (κ3) is 1.77. The topological polar surface area (TPSA) is 12.4 Å². The normalized spacial score (nSPS) is 21.8. The van der Waals surface area contributed by atoms with Gasteiger partial charge in [-0.3, -0.25) is 4.99 Å². The Kier molecular flexibility index (Phi) is 2.39. The number of hydrogen-bond acceptors (Lipinski definition) is 1. The van der Waals surface area contributed by atoms with Gasteiger partial charge in [-0.15, -0.1) is 0 Å². The van der Waals surface area contributed by atoms with Crippen LogP contribution >= 0.6 is 0 Å². The van der Waals surface area contributed by atoms with Gasteiger partial charge in [0.15, 0.2) is 0 Å². The van der Waals surface area contributed by atoms with E-state index in [9.17, 15) is 4.39 Å². The number of halogens is 1. The number of rotatable bonds is 1. The van der Waals surface area contributed by atoms with Crippen LogP contribution in [0, 0.1) is 12.4 Å². The van der Waals surface area contributed by atoms with Crippen molar-refractivity contribution < 1.29 is 4.39 Å². The maximum atomic E-state index is 13.3. The van der Waals surface area contributed by atoms with E-state index in [1.807, 2.05) is 12.3 Å². The standard InChI is InChI=1S/C11H10FN/c12-11-6-2-1-5-10(11)9-4-3-7-13-8-9/h1-2,5-7,9H,3-4H2. The van der Waals surface area contributed by atoms with Gasteiger partial charge in [-0.25, -0.2) is 4.39 Å². The van der Waals surface area contributed by atoms with E-state index in [1.165, 1.54) is 6.07 Å². The molecule has 2 radical (unpaired) electrons. The van der Waals surface area contributed by atoms with Gasteiger partial charge in [0.05, 0.1) is 0 Å². The Labute approximate surface area is 77.3 Å². The number of aliphatic imine (C=N–C) groups is 1. The average Bonchev–Trinajstić information content (AvgIpc) is 2.20. The summed E-state index contributed by atoms with van der Waals surface area (Å²) in [7, 11) is 0. The minimum Gasteiger partial charge on any atom is -0.285 e. The molecule has 1 aromatic carbocycles. The van der Waals surface area contributed by atoms with Gasteiger partial charge < -0.3 is 0 Å². The fourth-order valence-corrected chi connectivity index (χ4v) is 1.50. The second kappa shape index (κ2) is 3.69. The molecule has 0 fully saturated rings. The molecule has 0 saturated carbocycles. The summed E-state index contributed by atoms with van der Waals surface area (Å²) in [6.07, 6.45) is 3.63. The zero-order valence-corrected chi connectivity index (χ0v) is 7.20. The van der Waals surface area contributed by atoms with Crippen LogP contribution in [-0.2, 0) is 0 Å². The Morgan fingerprint density at radius 3 is 2.92 bits per heavy atom. The monoisotopic (exact) mass is 175 g/mol. The highest BCUT2D eigenvalue weighted by Gasteiger charge is 2.17. The number of nitrogens with zero attached hydrogens (tertiary/aromatic N) is 1. The van der Waals surface area contributed by atoms with Gasteiger partial charge in [0, 0.05) is 5.92 Å². The molecule has 1 atom stereocenters. The summed E-state index contributed by atoms with van der Waals surface area (Å²) in [5.74, 6) is -0.122. The van der Waals surface area contributed by atoms with E-state index in [1.54, 1.807) is 12.1 Å². The Morgan fingerprint density at radius 1 is 1.38 bits per heavy atom. The number of benzene rings is 1. The van der Waals surface area contributed by atoms with Crippen molar-refractivity contribution in [1.29, 1.82) is 0 Å². The predicted molar refractivity (Wildman–Crippen MR) is 50.1 cm³/mol. The maximum absolute atomic E-state index is 13.3. The van der Waals surface area contributed by atoms with E-state index in [0.29, 0.717) is 5.56 Å². The van der Waals surface area contributed by atoms with Crippen LogP contribution in [0.3, 0.4) is 0 Å². The van der Waals surface area contributed by atoms with Crippen molar-refractivity contribution in [2.24, 2.45) is 4.99 Å². The van der Waals surface area contributed by atoms with E-state index in [-0.39, 0.29) is 11.7 Å². The predicted octanol–water partition coefficient (Wildman–Crippen LogP) is 2.81. The summed E-state index contributed by atoms with van der Waals surface area (Å²) in [4.78, 5) is 3.93. The first kappa shape index (κ1) is 8.42. The molecule has 2 heteroatoms. The van der Waals surface area contributed by atoms with Crippen molar-refractivity contribution in [3.8, 4) is 0 Å². The second-order valence-electron chi connectivity index (χ2n) is 3.09. The maximum Gasteiger partial charge on any atom is 0.126 e. The van der Waals surface area contributed by atoms with Crippen LogP contribution in [0.25, 0.3) is 0 Å². The smallest absolute Gasteiger partial charge is 0.126 e. The van der Waals surface area contributed by atoms with Gasteiger partial charge in [-0.2, -0.15) is 0 Å². The molecular formula is C11H10FN. The molecule has 0 aliphatic carbocycles. The van der Waals surface area contributed by atoms with Crippen LogP contribution in [0.1, 0.15) is 24.3 Å². The molecule has 66 valence electrons. The van der Waals surface area contributed by atoms with Crippen molar-refractivity contribution in [3.63, 3.8) is 0 Å². The zero-order valence-electron chi connectivity index (χ0n) is 7.20. The highest BCUT2D eigenvalue weighted by Crippen LogP contribution is 2.28. The molecule has 1 nitrogen and oxygen atoms in total. The molecular weight excluding hydrogens is 165 g/mol. The van der Waals surface area contributed by atoms with Crippen LogP contribution in [0.15, 0.2) is 29.3 Å². The molecule has 1 aromatic rings. The molecule has 0 spiro atoms. The summed E-state index contributed by atoms with van der Waals surface area (Å²) < 4.78 is 13.3. The van der Waals surface area contributed by atoms with E-state index in [4.69, 9.17) is 0 Å². The fraction of sp³-hybridized carbons (Fsp3) is 0.273. The lowest BCUT2D eigenvalue weighted by molar-refractivity contribution is 0.579. The molecule has 1 aliphatic rings. The Bertz CT molecular complexity index is 320. The van der Waals surface area contributed by atoms with E-state index in [2.05, 4.69) is 11.5 Å². The van der Waals surface area contributed by atoms with Crippen LogP contribution in [0.2, 0.25) is 0 Å². The van der Waals surface area contributed by atoms with Crippen molar-refractivity contribution in [3.05, 3.63) is 42.2 Å². The van der Waals surface area contributed by atoms with Gasteiger partial charge in [-0.05, 0) is 30.7 Å². The van der Waals surface area contributed by atoms with Crippen LogP contribution in [-0.4, -0.2) is 6.21 Å². The Balaban J connectivity index is 2.24. The summed E-state index contributed by atoms with van der Waals surface area (Å²) in [5.41, 5.74) is 0.708. The molecule has 1 unspecified atom stereocenters. The fourth-order valence-electron chi connectivity index (χ4n) is 1.50. The molecule has 0 saturated heterocycles. The molecule has 0 N–H and O–H groups in total. The lowest BCUT2D eigenvalue weighted by Gasteiger charge is -2.16. The average molecular weight is 175 g/mol. The second-order valence-corrected chi connectivity index (χ2v) is 3.09. The van der Waals surface area contributed by atoms with Gasteiger partial charge >= 0.3 is 0 Å². The van der Waals surface area contributed by atoms with Crippen LogP contribution < -0.4 is 0 Å². The largest absolute Gasteiger partial charge is 0.285 e. The zero-order chi connectivity index (χ0) is 9.10. The Morgan fingerprint density at radius 2 is 2.23 bits per heavy atom. The third-order valence-corrected chi connectivity index (χ3v) is 2.19. The van der Waals surface area contributed by atoms with Gasteiger partial charge in [0.2, 0.25) is 0 Å². The summed E-state index contributed by atoms with van der Waals surface area (Å²) in [6.45, 7) is 2.91. The van der Waals surface area contributed by atoms with E-state index in [0.717, 1.165) is 12.8 Å². The summed E-state index contributed by atoms with van der Waals surface area (Å²) in [5, 5.41) is 0. The summed E-state index contributed by atoms with van der Waals surface area (Å²) >= 11 is 0.